The number of hydrogen-bond acceptors (Lipinski definition) is 3. The van der Waals surface area contributed by atoms with Crippen molar-refractivity contribution >= 4 is 23.4 Å². The molecule has 0 heterocycles. The Kier molecular flexibility index (Phi) is 3.44. The Morgan fingerprint density at radius 3 is 2.35 bits per heavy atom. The summed E-state index contributed by atoms with van der Waals surface area (Å²) in [5.41, 5.74) is 7.30. The summed E-state index contributed by atoms with van der Waals surface area (Å²) < 4.78 is 0.298. The predicted octanol–water partition coefficient (Wildman–Crippen LogP) is 2.70. The molecule has 2 aliphatic rings. The van der Waals surface area contributed by atoms with Crippen LogP contribution in [0.3, 0.4) is 0 Å². The van der Waals surface area contributed by atoms with Gasteiger partial charge in [-0.05, 0) is 49.6 Å². The molecule has 0 aliphatic heterocycles. The average Bonchev–Trinajstić information content (AvgIpc) is 3.20. The van der Waals surface area contributed by atoms with E-state index < -0.39 is 0 Å². The van der Waals surface area contributed by atoms with Gasteiger partial charge < -0.3 is 11.1 Å². The first-order valence-corrected chi connectivity index (χ1v) is 8.52. The first-order chi connectivity index (χ1) is 9.60. The smallest absolute Gasteiger partial charge is 0.230 e. The zero-order valence-corrected chi connectivity index (χ0v) is 12.8. The van der Waals surface area contributed by atoms with Crippen molar-refractivity contribution in [2.24, 2.45) is 0 Å². The molecule has 3 N–H and O–H groups in total. The molecule has 4 heteroatoms. The number of thioether (sulfide) groups is 1. The number of hydrogen-bond donors (Lipinski definition) is 2. The molecule has 1 aromatic rings. The molecule has 2 aliphatic carbocycles. The van der Waals surface area contributed by atoms with Crippen LogP contribution < -0.4 is 11.1 Å². The van der Waals surface area contributed by atoms with Crippen LogP contribution in [0.15, 0.2) is 24.3 Å². The van der Waals surface area contributed by atoms with Crippen LogP contribution >= 0.6 is 11.8 Å². The van der Waals surface area contributed by atoms with Gasteiger partial charge in [-0.15, -0.1) is 0 Å². The lowest BCUT2D eigenvalue weighted by atomic mass is 9.84. The number of nitrogen functional groups attached to an aromatic ring is 1. The van der Waals surface area contributed by atoms with E-state index in [1.165, 1.54) is 19.3 Å². The normalized spacial score (nSPS) is 21.9. The Labute approximate surface area is 124 Å². The van der Waals surface area contributed by atoms with Crippen LogP contribution in [0.25, 0.3) is 0 Å². The van der Waals surface area contributed by atoms with E-state index in [-0.39, 0.29) is 11.3 Å². The van der Waals surface area contributed by atoms with Crippen LogP contribution in [0.4, 0.5) is 5.69 Å². The highest BCUT2D eigenvalue weighted by molar-refractivity contribution is 8.00. The molecule has 0 unspecified atom stereocenters. The van der Waals surface area contributed by atoms with E-state index in [1.54, 1.807) is 0 Å². The number of benzene rings is 1. The summed E-state index contributed by atoms with van der Waals surface area (Å²) in [5, 5.41) is 3.20. The summed E-state index contributed by atoms with van der Waals surface area (Å²) in [6.45, 7) is 0.809. The highest BCUT2D eigenvalue weighted by Gasteiger charge is 2.51. The molecule has 0 aromatic heterocycles. The molecular weight excluding hydrogens is 268 g/mol. The predicted molar refractivity (Wildman–Crippen MR) is 84.9 cm³/mol. The van der Waals surface area contributed by atoms with Gasteiger partial charge in [0.1, 0.15) is 0 Å². The second-order valence-electron chi connectivity index (χ2n) is 6.13. The van der Waals surface area contributed by atoms with Crippen LogP contribution in [0.2, 0.25) is 0 Å². The number of anilines is 1. The Hall–Kier alpha value is -1.16. The van der Waals surface area contributed by atoms with Gasteiger partial charge in [-0.2, -0.15) is 11.8 Å². The molecule has 0 bridgehead atoms. The maximum atomic E-state index is 12.6. The van der Waals surface area contributed by atoms with Crippen molar-refractivity contribution < 1.29 is 4.79 Å². The van der Waals surface area contributed by atoms with Crippen LogP contribution in [0, 0.1) is 0 Å². The number of carbonyl (C=O) groups excluding carboxylic acids is 1. The lowest BCUT2D eigenvalue weighted by molar-refractivity contribution is -0.123. The van der Waals surface area contributed by atoms with Crippen molar-refractivity contribution in [3.8, 4) is 0 Å². The zero-order valence-electron chi connectivity index (χ0n) is 11.9. The monoisotopic (exact) mass is 290 g/mol. The first-order valence-electron chi connectivity index (χ1n) is 7.30. The summed E-state index contributed by atoms with van der Waals surface area (Å²) in [6, 6.07) is 7.77. The van der Waals surface area contributed by atoms with Gasteiger partial charge >= 0.3 is 0 Å². The number of carbonyl (C=O) groups is 1. The molecule has 1 amide bonds. The zero-order chi connectivity index (χ0) is 14.2. The third-order valence-electron chi connectivity index (χ3n) is 4.92. The Bertz CT molecular complexity index is 498. The molecule has 2 fully saturated rings. The second kappa shape index (κ2) is 4.99. The quantitative estimate of drug-likeness (QED) is 0.820. The number of rotatable bonds is 5. The number of amides is 1. The highest BCUT2D eigenvalue weighted by atomic mass is 32.2. The molecule has 0 radical (unpaired) electrons. The van der Waals surface area contributed by atoms with E-state index >= 15 is 0 Å². The molecule has 2 saturated carbocycles. The van der Waals surface area contributed by atoms with Gasteiger partial charge in [-0.1, -0.05) is 18.6 Å². The van der Waals surface area contributed by atoms with Gasteiger partial charge in [0.2, 0.25) is 5.91 Å². The topological polar surface area (TPSA) is 55.1 Å². The molecule has 3 rings (SSSR count). The van der Waals surface area contributed by atoms with E-state index in [9.17, 15) is 4.79 Å². The van der Waals surface area contributed by atoms with Gasteiger partial charge in [0, 0.05) is 17.0 Å². The number of nitrogens with two attached hydrogens (primary N) is 1. The minimum absolute atomic E-state index is 0.197. The fourth-order valence-corrected chi connectivity index (χ4v) is 3.92. The summed E-state index contributed by atoms with van der Waals surface area (Å²) in [7, 11) is 0. The van der Waals surface area contributed by atoms with Crippen molar-refractivity contribution in [3.05, 3.63) is 29.8 Å². The fraction of sp³-hybridized carbons (Fsp3) is 0.562. The molecule has 0 saturated heterocycles. The Morgan fingerprint density at radius 2 is 1.90 bits per heavy atom. The highest BCUT2D eigenvalue weighted by Crippen LogP contribution is 2.49. The van der Waals surface area contributed by atoms with Gasteiger partial charge in [0.15, 0.2) is 0 Å². The van der Waals surface area contributed by atoms with Crippen LogP contribution in [0.5, 0.6) is 0 Å². The second-order valence-corrected chi connectivity index (χ2v) is 7.40. The van der Waals surface area contributed by atoms with E-state index in [1.807, 2.05) is 36.0 Å². The van der Waals surface area contributed by atoms with Crippen molar-refractivity contribution in [1.82, 2.24) is 5.32 Å². The summed E-state index contributed by atoms with van der Waals surface area (Å²) in [4.78, 5) is 12.6. The SMILES string of the molecule is CSC1(CNC(=O)C2(c3ccc(N)cc3)CC2)CCC1. The molecule has 20 heavy (non-hydrogen) atoms. The summed E-state index contributed by atoms with van der Waals surface area (Å²) >= 11 is 1.90. The van der Waals surface area contributed by atoms with Crippen molar-refractivity contribution in [2.45, 2.75) is 42.3 Å². The third kappa shape index (κ3) is 2.30. The lowest BCUT2D eigenvalue weighted by Crippen LogP contribution is -2.47. The van der Waals surface area contributed by atoms with Gasteiger partial charge in [-0.3, -0.25) is 4.79 Å². The molecule has 1 aromatic carbocycles. The maximum Gasteiger partial charge on any atom is 0.230 e. The van der Waals surface area contributed by atoms with Crippen molar-refractivity contribution in [1.29, 1.82) is 0 Å². The minimum atomic E-state index is -0.281. The van der Waals surface area contributed by atoms with Crippen LogP contribution in [-0.4, -0.2) is 23.5 Å². The Balaban J connectivity index is 1.66. The lowest BCUT2D eigenvalue weighted by Gasteiger charge is -2.40. The third-order valence-corrected chi connectivity index (χ3v) is 6.34. The van der Waals surface area contributed by atoms with Crippen molar-refractivity contribution in [3.63, 3.8) is 0 Å². The van der Waals surface area contributed by atoms with Crippen LogP contribution in [0.1, 0.15) is 37.7 Å². The van der Waals surface area contributed by atoms with E-state index in [4.69, 9.17) is 5.73 Å². The largest absolute Gasteiger partial charge is 0.399 e. The van der Waals surface area contributed by atoms with Gasteiger partial charge in [0.25, 0.3) is 0 Å². The average molecular weight is 290 g/mol. The molecule has 0 spiro atoms. The van der Waals surface area contributed by atoms with E-state index in [0.29, 0.717) is 4.75 Å². The van der Waals surface area contributed by atoms with Gasteiger partial charge in [-0.25, -0.2) is 0 Å². The minimum Gasteiger partial charge on any atom is -0.399 e. The number of nitrogens with one attached hydrogen (secondary N) is 1. The molecule has 0 atom stereocenters. The van der Waals surface area contributed by atoms with Crippen molar-refractivity contribution in [2.75, 3.05) is 18.5 Å². The molecule has 3 nitrogen and oxygen atoms in total. The van der Waals surface area contributed by atoms with Gasteiger partial charge in [0.05, 0.1) is 5.41 Å². The molecular formula is C16H22N2OS. The van der Waals surface area contributed by atoms with Crippen LogP contribution in [-0.2, 0) is 10.2 Å². The van der Waals surface area contributed by atoms with E-state index in [2.05, 4.69) is 11.6 Å². The summed E-state index contributed by atoms with van der Waals surface area (Å²) in [5.74, 6) is 0.197. The fourth-order valence-electron chi connectivity index (χ4n) is 3.01. The Morgan fingerprint density at radius 1 is 1.25 bits per heavy atom. The summed E-state index contributed by atoms with van der Waals surface area (Å²) in [6.07, 6.45) is 7.80. The maximum absolute atomic E-state index is 12.6. The van der Waals surface area contributed by atoms with E-state index in [0.717, 1.165) is 30.6 Å². The first kappa shape index (κ1) is 13.8. The molecule has 108 valence electrons. The standard InChI is InChI=1S/C16H22N2OS/c1-20-15(7-2-8-15)11-18-14(19)16(9-10-16)12-3-5-13(17)6-4-12/h3-6H,2,7-11,17H2,1H3,(H,18,19).